The molecule has 2 aromatic carbocycles. The number of rotatable bonds is 3. The molecule has 1 aliphatic carbocycles. The van der Waals surface area contributed by atoms with Gasteiger partial charge in [0, 0.05) is 22.3 Å². The summed E-state index contributed by atoms with van der Waals surface area (Å²) in [7, 11) is 0. The van der Waals surface area contributed by atoms with Gasteiger partial charge in [0.1, 0.15) is 0 Å². The normalized spacial score (nSPS) is 13.3. The molecule has 4 heteroatoms. The van der Waals surface area contributed by atoms with Crippen molar-refractivity contribution in [2.75, 3.05) is 0 Å². The molecule has 0 saturated carbocycles. The molecule has 2 aromatic rings. The summed E-state index contributed by atoms with van der Waals surface area (Å²) in [6, 6.07) is 9.31. The van der Waals surface area contributed by atoms with Crippen LogP contribution >= 0.6 is 25.3 Å². The molecule has 0 amide bonds. The number of hydrogen-bond donors (Lipinski definition) is 2. The van der Waals surface area contributed by atoms with Crippen molar-refractivity contribution >= 4 is 36.8 Å². The van der Waals surface area contributed by atoms with Gasteiger partial charge in [0.2, 0.25) is 0 Å². The first kappa shape index (κ1) is 16.3. The Bertz CT molecular complexity index is 822. The Balaban J connectivity index is 2.34. The number of ketones is 2. The van der Waals surface area contributed by atoms with Gasteiger partial charge < -0.3 is 0 Å². The molecule has 0 unspecified atom stereocenters. The highest BCUT2D eigenvalue weighted by molar-refractivity contribution is 7.98. The molecule has 23 heavy (non-hydrogen) atoms. The van der Waals surface area contributed by atoms with E-state index in [9.17, 15) is 9.59 Å². The third-order valence-electron chi connectivity index (χ3n) is 4.42. The molecule has 0 aromatic heterocycles. The Morgan fingerprint density at radius 2 is 1.57 bits per heavy atom. The summed E-state index contributed by atoms with van der Waals surface area (Å²) in [4.78, 5) is 26.1. The first-order valence-corrected chi connectivity index (χ1v) is 8.77. The zero-order valence-electron chi connectivity index (χ0n) is 13.1. The average Bonchev–Trinajstić information content (AvgIpc) is 2.57. The maximum Gasteiger partial charge on any atom is 0.194 e. The molecule has 0 saturated heterocycles. The number of fused-ring (bicyclic) bond motifs is 2. The first-order chi connectivity index (χ1) is 11.0. The molecule has 0 heterocycles. The van der Waals surface area contributed by atoms with Gasteiger partial charge in [-0.25, -0.2) is 0 Å². The fourth-order valence-corrected chi connectivity index (χ4v) is 3.57. The lowest BCUT2D eigenvalue weighted by Crippen LogP contribution is -2.24. The Morgan fingerprint density at radius 3 is 2.17 bits per heavy atom. The van der Waals surface area contributed by atoms with E-state index in [1.807, 2.05) is 38.1 Å². The van der Waals surface area contributed by atoms with Gasteiger partial charge in [-0.05, 0) is 35.6 Å². The predicted octanol–water partition coefficient (Wildman–Crippen LogP) is 4.45. The molecule has 3 rings (SSSR count). The summed E-state index contributed by atoms with van der Waals surface area (Å²) >= 11 is 8.73. The smallest absolute Gasteiger partial charge is 0.194 e. The second-order valence-electron chi connectivity index (χ2n) is 5.68. The maximum absolute atomic E-state index is 13.1. The molecular weight excluding hydrogens is 324 g/mol. The van der Waals surface area contributed by atoms with Crippen molar-refractivity contribution in [1.82, 2.24) is 0 Å². The van der Waals surface area contributed by atoms with Crippen LogP contribution in [0.15, 0.2) is 30.3 Å². The second-order valence-corrected chi connectivity index (χ2v) is 7.12. The van der Waals surface area contributed by atoms with Gasteiger partial charge in [0.05, 0.1) is 4.58 Å². The van der Waals surface area contributed by atoms with Gasteiger partial charge in [-0.15, -0.1) is 0 Å². The highest BCUT2D eigenvalue weighted by Gasteiger charge is 2.34. The highest BCUT2D eigenvalue weighted by atomic mass is 32.2. The Labute approximate surface area is 147 Å². The number of hydrogen-bond acceptors (Lipinski definition) is 4. The van der Waals surface area contributed by atoms with Gasteiger partial charge in [0.15, 0.2) is 11.6 Å². The zero-order chi connectivity index (χ0) is 16.7. The van der Waals surface area contributed by atoms with Crippen LogP contribution in [0.5, 0.6) is 0 Å². The van der Waals surface area contributed by atoms with Gasteiger partial charge in [-0.1, -0.05) is 38.1 Å². The lowest BCUT2D eigenvalue weighted by Gasteiger charge is -2.24. The van der Waals surface area contributed by atoms with Crippen molar-refractivity contribution in [1.29, 1.82) is 0 Å². The quantitative estimate of drug-likeness (QED) is 0.545. The van der Waals surface area contributed by atoms with E-state index in [1.165, 1.54) is 0 Å². The number of aryl methyl sites for hydroxylation is 2. The van der Waals surface area contributed by atoms with Crippen LogP contribution < -0.4 is 0 Å². The average molecular weight is 342 g/mol. The third kappa shape index (κ3) is 2.54. The molecule has 0 atom stereocenters. The molecule has 0 fully saturated rings. The summed E-state index contributed by atoms with van der Waals surface area (Å²) in [6.45, 7) is 4.02. The molecule has 2 nitrogen and oxygen atoms in total. The van der Waals surface area contributed by atoms with Crippen molar-refractivity contribution in [2.45, 2.75) is 31.3 Å². The van der Waals surface area contributed by atoms with E-state index in [0.717, 1.165) is 17.5 Å². The SMILES string of the molecule is CCc1ccc2c(c1)C(=O)c1c(C(S)S)ccc(CC)c1C2=O. The fourth-order valence-electron chi connectivity index (χ4n) is 3.14. The molecular formula is C19H18O2S2. The topological polar surface area (TPSA) is 34.1 Å². The van der Waals surface area contributed by atoms with Gasteiger partial charge in [0.25, 0.3) is 0 Å². The molecule has 118 valence electrons. The minimum absolute atomic E-state index is 0.0710. The Kier molecular flexibility index (Phi) is 4.39. The van der Waals surface area contributed by atoms with E-state index >= 15 is 0 Å². The largest absolute Gasteiger partial charge is 0.289 e. The van der Waals surface area contributed by atoms with Crippen LogP contribution in [-0.2, 0) is 12.8 Å². The lowest BCUT2D eigenvalue weighted by atomic mass is 9.79. The Hall–Kier alpha value is -1.52. The summed E-state index contributed by atoms with van der Waals surface area (Å²) in [5.74, 6) is -0.165. The summed E-state index contributed by atoms with van der Waals surface area (Å²) in [6.07, 6.45) is 1.53. The van der Waals surface area contributed by atoms with Crippen molar-refractivity contribution in [3.63, 3.8) is 0 Å². The minimum atomic E-state index is -0.401. The van der Waals surface area contributed by atoms with Crippen LogP contribution in [0, 0.1) is 0 Å². The fraction of sp³-hybridized carbons (Fsp3) is 0.263. The monoisotopic (exact) mass is 342 g/mol. The van der Waals surface area contributed by atoms with Crippen LogP contribution in [0.1, 0.15) is 67.0 Å². The van der Waals surface area contributed by atoms with Crippen molar-refractivity contribution < 1.29 is 9.59 Å². The van der Waals surface area contributed by atoms with E-state index in [4.69, 9.17) is 0 Å². The summed E-state index contributed by atoms with van der Waals surface area (Å²) in [5, 5.41) is 0. The van der Waals surface area contributed by atoms with Gasteiger partial charge in [-0.3, -0.25) is 9.59 Å². The Morgan fingerprint density at radius 1 is 0.870 bits per heavy atom. The summed E-state index contributed by atoms with van der Waals surface area (Å²) in [5.41, 5.74) is 4.66. The predicted molar refractivity (Wildman–Crippen MR) is 99.2 cm³/mol. The van der Waals surface area contributed by atoms with Crippen molar-refractivity contribution in [3.8, 4) is 0 Å². The number of carbonyl (C=O) groups is 2. The van der Waals surface area contributed by atoms with Crippen LogP contribution in [0.4, 0.5) is 0 Å². The second kappa shape index (κ2) is 6.17. The van der Waals surface area contributed by atoms with Crippen LogP contribution in [0.2, 0.25) is 0 Å². The van der Waals surface area contributed by atoms with Gasteiger partial charge in [-0.2, -0.15) is 25.3 Å². The molecule has 0 bridgehead atoms. The molecule has 0 aliphatic heterocycles. The van der Waals surface area contributed by atoms with E-state index < -0.39 is 4.58 Å². The standard InChI is InChI=1S/C19H18O2S2/c1-3-10-5-7-12-14(9-10)18(21)16-13(19(22)23)8-6-11(4-2)15(16)17(12)20/h5-9,19,22-23H,3-4H2,1-2H3. The van der Waals surface area contributed by atoms with E-state index in [-0.39, 0.29) is 11.6 Å². The number of thiol groups is 2. The highest BCUT2D eigenvalue weighted by Crippen LogP contribution is 2.37. The van der Waals surface area contributed by atoms with Crippen LogP contribution in [0.3, 0.4) is 0 Å². The third-order valence-corrected chi connectivity index (χ3v) is 4.97. The number of carbonyl (C=O) groups excluding carboxylic acids is 2. The molecule has 0 radical (unpaired) electrons. The first-order valence-electron chi connectivity index (χ1n) is 7.73. The van der Waals surface area contributed by atoms with Gasteiger partial charge >= 0.3 is 0 Å². The van der Waals surface area contributed by atoms with Crippen molar-refractivity contribution in [3.05, 3.63) is 69.3 Å². The van der Waals surface area contributed by atoms with Crippen LogP contribution in [0.25, 0.3) is 0 Å². The maximum atomic E-state index is 13.1. The van der Waals surface area contributed by atoms with E-state index in [0.29, 0.717) is 34.2 Å². The molecule has 1 aliphatic rings. The van der Waals surface area contributed by atoms with E-state index in [1.54, 1.807) is 6.07 Å². The molecule has 0 N–H and O–H groups in total. The molecule has 0 spiro atoms. The van der Waals surface area contributed by atoms with Crippen LogP contribution in [-0.4, -0.2) is 11.6 Å². The minimum Gasteiger partial charge on any atom is -0.289 e. The summed E-state index contributed by atoms with van der Waals surface area (Å²) < 4.78 is -0.401. The van der Waals surface area contributed by atoms with E-state index in [2.05, 4.69) is 25.3 Å². The zero-order valence-corrected chi connectivity index (χ0v) is 14.9. The lowest BCUT2D eigenvalue weighted by molar-refractivity contribution is 0.0977. The number of benzene rings is 2. The van der Waals surface area contributed by atoms with Crippen molar-refractivity contribution in [2.24, 2.45) is 0 Å².